The average Bonchev–Trinajstić information content (AvgIpc) is 3.14. The molecule has 0 unspecified atom stereocenters. The molecule has 0 atom stereocenters. The smallest absolute Gasteiger partial charge is 0.196 e. The van der Waals surface area contributed by atoms with E-state index in [0.29, 0.717) is 5.75 Å². The Labute approximate surface area is 150 Å². The maximum atomic E-state index is 5.43. The first kappa shape index (κ1) is 17.2. The van der Waals surface area contributed by atoms with Gasteiger partial charge >= 0.3 is 0 Å². The topological polar surface area (TPSA) is 58.4 Å². The summed E-state index contributed by atoms with van der Waals surface area (Å²) in [6, 6.07) is 13.5. The van der Waals surface area contributed by atoms with Gasteiger partial charge in [-0.3, -0.25) is 4.57 Å². The molecule has 3 aromatic rings. The molecule has 0 N–H and O–H groups in total. The molecule has 25 heavy (non-hydrogen) atoms. The molecule has 1 aromatic heterocycles. The SMILES string of the molecule is COc1ccc(OC)c(CSc2nncn2-c2ccccc2OC)c1. The van der Waals surface area contributed by atoms with Gasteiger partial charge in [0.2, 0.25) is 0 Å². The largest absolute Gasteiger partial charge is 0.497 e. The Hall–Kier alpha value is -2.67. The van der Waals surface area contributed by atoms with Crippen LogP contribution in [0.5, 0.6) is 17.2 Å². The van der Waals surface area contributed by atoms with Gasteiger partial charge in [-0.2, -0.15) is 0 Å². The van der Waals surface area contributed by atoms with E-state index in [1.165, 1.54) is 0 Å². The van der Waals surface area contributed by atoms with Gasteiger partial charge in [0, 0.05) is 11.3 Å². The Kier molecular flexibility index (Phi) is 5.45. The van der Waals surface area contributed by atoms with Gasteiger partial charge in [0.05, 0.1) is 27.0 Å². The van der Waals surface area contributed by atoms with Crippen molar-refractivity contribution in [3.05, 3.63) is 54.4 Å². The molecule has 0 aliphatic heterocycles. The van der Waals surface area contributed by atoms with Crippen LogP contribution in [0.25, 0.3) is 5.69 Å². The van der Waals surface area contributed by atoms with Crippen LogP contribution in [0.1, 0.15) is 5.56 Å². The van der Waals surface area contributed by atoms with Crippen molar-refractivity contribution in [3.8, 4) is 22.9 Å². The van der Waals surface area contributed by atoms with Gasteiger partial charge in [-0.1, -0.05) is 23.9 Å². The van der Waals surface area contributed by atoms with Crippen LogP contribution in [-0.4, -0.2) is 36.1 Å². The lowest BCUT2D eigenvalue weighted by molar-refractivity contribution is 0.400. The van der Waals surface area contributed by atoms with Gasteiger partial charge in [0.15, 0.2) is 5.16 Å². The third-order valence-electron chi connectivity index (χ3n) is 3.71. The summed E-state index contributed by atoms with van der Waals surface area (Å²) in [5.41, 5.74) is 1.93. The minimum atomic E-state index is 0.675. The maximum absolute atomic E-state index is 5.43. The zero-order chi connectivity index (χ0) is 17.6. The molecule has 1 heterocycles. The highest BCUT2D eigenvalue weighted by Gasteiger charge is 2.13. The van der Waals surface area contributed by atoms with Crippen LogP contribution < -0.4 is 14.2 Å². The molecular weight excluding hydrogens is 338 g/mol. The lowest BCUT2D eigenvalue weighted by Crippen LogP contribution is -1.99. The fourth-order valence-corrected chi connectivity index (χ4v) is 3.35. The van der Waals surface area contributed by atoms with Crippen LogP contribution in [-0.2, 0) is 5.75 Å². The molecule has 6 nitrogen and oxygen atoms in total. The number of aromatic nitrogens is 3. The van der Waals surface area contributed by atoms with E-state index in [-0.39, 0.29) is 0 Å². The van der Waals surface area contributed by atoms with Crippen LogP contribution in [0.3, 0.4) is 0 Å². The number of hydrogen-bond donors (Lipinski definition) is 0. The highest BCUT2D eigenvalue weighted by atomic mass is 32.2. The first-order valence-electron chi connectivity index (χ1n) is 7.64. The first-order chi connectivity index (χ1) is 12.3. The standard InChI is InChI=1S/C18H19N3O3S/c1-22-14-8-9-16(23-2)13(10-14)11-25-18-20-19-12-21(18)15-6-4-5-7-17(15)24-3/h4-10,12H,11H2,1-3H3. The molecule has 0 radical (unpaired) electrons. The predicted molar refractivity (Wildman–Crippen MR) is 97.0 cm³/mol. The second kappa shape index (κ2) is 7.94. The molecule has 0 amide bonds. The Balaban J connectivity index is 1.85. The number of thioether (sulfide) groups is 1. The van der Waals surface area contributed by atoms with Gasteiger partial charge in [0.25, 0.3) is 0 Å². The van der Waals surface area contributed by atoms with Gasteiger partial charge in [-0.25, -0.2) is 0 Å². The van der Waals surface area contributed by atoms with E-state index in [4.69, 9.17) is 14.2 Å². The fraction of sp³-hybridized carbons (Fsp3) is 0.222. The summed E-state index contributed by atoms with van der Waals surface area (Å²) < 4.78 is 18.1. The van der Waals surface area contributed by atoms with Crippen molar-refractivity contribution >= 4 is 11.8 Å². The van der Waals surface area contributed by atoms with E-state index in [2.05, 4.69) is 10.2 Å². The Morgan fingerprint density at radius 1 is 0.960 bits per heavy atom. The highest BCUT2D eigenvalue weighted by Crippen LogP contribution is 2.32. The van der Waals surface area contributed by atoms with Crippen molar-refractivity contribution in [2.75, 3.05) is 21.3 Å². The van der Waals surface area contributed by atoms with Crippen molar-refractivity contribution < 1.29 is 14.2 Å². The summed E-state index contributed by atoms with van der Waals surface area (Å²) in [5, 5.41) is 9.05. The molecule has 0 spiro atoms. The summed E-state index contributed by atoms with van der Waals surface area (Å²) in [6.45, 7) is 0. The molecule has 7 heteroatoms. The summed E-state index contributed by atoms with van der Waals surface area (Å²) in [7, 11) is 4.96. The monoisotopic (exact) mass is 357 g/mol. The van der Waals surface area contributed by atoms with Crippen molar-refractivity contribution in [1.82, 2.24) is 14.8 Å². The molecule has 3 rings (SSSR count). The average molecular weight is 357 g/mol. The minimum absolute atomic E-state index is 0.675. The second-order valence-electron chi connectivity index (χ2n) is 5.12. The quantitative estimate of drug-likeness (QED) is 0.602. The summed E-state index contributed by atoms with van der Waals surface area (Å²) in [6.07, 6.45) is 1.68. The number of nitrogens with zero attached hydrogens (tertiary/aromatic N) is 3. The van der Waals surface area contributed by atoms with Gasteiger partial charge in [0.1, 0.15) is 23.6 Å². The fourth-order valence-electron chi connectivity index (χ4n) is 2.45. The van der Waals surface area contributed by atoms with Crippen LogP contribution in [0.15, 0.2) is 53.9 Å². The van der Waals surface area contributed by atoms with E-state index in [1.807, 2.05) is 47.0 Å². The molecule has 0 saturated heterocycles. The van der Waals surface area contributed by atoms with Crippen molar-refractivity contribution in [3.63, 3.8) is 0 Å². The number of rotatable bonds is 7. The van der Waals surface area contributed by atoms with E-state index in [9.17, 15) is 0 Å². The second-order valence-corrected chi connectivity index (χ2v) is 6.06. The van der Waals surface area contributed by atoms with Crippen LogP contribution in [0.4, 0.5) is 0 Å². The zero-order valence-corrected chi connectivity index (χ0v) is 15.1. The van der Waals surface area contributed by atoms with Gasteiger partial charge < -0.3 is 14.2 Å². The molecule has 0 aliphatic carbocycles. The molecule has 0 aliphatic rings. The van der Waals surface area contributed by atoms with Crippen LogP contribution in [0, 0.1) is 0 Å². The van der Waals surface area contributed by atoms with E-state index < -0.39 is 0 Å². The number of hydrogen-bond acceptors (Lipinski definition) is 6. The molecule has 0 fully saturated rings. The normalized spacial score (nSPS) is 10.5. The predicted octanol–water partition coefficient (Wildman–Crippen LogP) is 3.59. The van der Waals surface area contributed by atoms with Crippen molar-refractivity contribution in [2.45, 2.75) is 10.9 Å². The third kappa shape index (κ3) is 3.71. The van der Waals surface area contributed by atoms with Crippen molar-refractivity contribution in [2.24, 2.45) is 0 Å². The van der Waals surface area contributed by atoms with E-state index in [0.717, 1.165) is 33.7 Å². The number of para-hydroxylation sites is 2. The lowest BCUT2D eigenvalue weighted by atomic mass is 10.2. The van der Waals surface area contributed by atoms with Crippen molar-refractivity contribution in [1.29, 1.82) is 0 Å². The molecule has 2 aromatic carbocycles. The minimum Gasteiger partial charge on any atom is -0.497 e. The third-order valence-corrected chi connectivity index (χ3v) is 4.70. The van der Waals surface area contributed by atoms with Crippen LogP contribution in [0.2, 0.25) is 0 Å². The first-order valence-corrected chi connectivity index (χ1v) is 8.62. The summed E-state index contributed by atoms with van der Waals surface area (Å²) in [4.78, 5) is 0. The van der Waals surface area contributed by atoms with E-state index in [1.54, 1.807) is 39.4 Å². The van der Waals surface area contributed by atoms with Crippen LogP contribution >= 0.6 is 11.8 Å². The summed E-state index contributed by atoms with van der Waals surface area (Å²) >= 11 is 1.57. The molecule has 0 saturated carbocycles. The maximum Gasteiger partial charge on any atom is 0.196 e. The summed E-state index contributed by atoms with van der Waals surface area (Å²) in [5.74, 6) is 3.05. The lowest BCUT2D eigenvalue weighted by Gasteiger charge is -2.12. The number of ether oxygens (including phenoxy) is 3. The van der Waals surface area contributed by atoms with E-state index >= 15 is 0 Å². The Morgan fingerprint density at radius 3 is 2.52 bits per heavy atom. The van der Waals surface area contributed by atoms with Gasteiger partial charge in [-0.15, -0.1) is 10.2 Å². The zero-order valence-electron chi connectivity index (χ0n) is 14.3. The van der Waals surface area contributed by atoms with Gasteiger partial charge in [-0.05, 0) is 30.3 Å². The molecule has 0 bridgehead atoms. The number of methoxy groups -OCH3 is 3. The number of benzene rings is 2. The Bertz CT molecular complexity index is 851. The highest BCUT2D eigenvalue weighted by molar-refractivity contribution is 7.98. The molecular formula is C18H19N3O3S. The Morgan fingerprint density at radius 2 is 1.76 bits per heavy atom. The molecule has 130 valence electrons.